The van der Waals surface area contributed by atoms with E-state index in [-0.39, 0.29) is 18.2 Å². The lowest BCUT2D eigenvalue weighted by atomic mass is 10.2. The lowest BCUT2D eigenvalue weighted by Gasteiger charge is -1.86. The third kappa shape index (κ3) is 26.8. The topological polar surface area (TPSA) is 54.4 Å². The number of rotatable bonds is 3. The fourth-order valence-corrected chi connectivity index (χ4v) is 0.352. The van der Waals surface area contributed by atoms with Gasteiger partial charge in [0.1, 0.15) is 11.6 Å². The number of hydrogen-bond donors (Lipinski definition) is 1. The van der Waals surface area contributed by atoms with Crippen LogP contribution in [0.15, 0.2) is 0 Å². The molecular formula is C8H16O3. The molecule has 0 aliphatic heterocycles. The van der Waals surface area contributed by atoms with E-state index < -0.39 is 0 Å². The van der Waals surface area contributed by atoms with Crippen molar-refractivity contribution >= 4 is 11.6 Å². The summed E-state index contributed by atoms with van der Waals surface area (Å²) in [6.07, 6.45) is 0.796. The van der Waals surface area contributed by atoms with E-state index in [1.807, 2.05) is 0 Å². The molecule has 0 aromatic heterocycles. The molecule has 0 aromatic carbocycles. The first kappa shape index (κ1) is 12.9. The number of hydrogen-bond acceptors (Lipinski definition) is 3. The van der Waals surface area contributed by atoms with Crippen molar-refractivity contribution in [3.63, 3.8) is 0 Å². The summed E-state index contributed by atoms with van der Waals surface area (Å²) in [4.78, 5) is 20.4. The highest BCUT2D eigenvalue weighted by molar-refractivity contribution is 5.83. The first-order valence-corrected chi connectivity index (χ1v) is 3.64. The second kappa shape index (κ2) is 9.30. The number of aliphatic hydroxyl groups excluding tert-OH is 1. The monoisotopic (exact) mass is 160 g/mol. The van der Waals surface area contributed by atoms with Gasteiger partial charge in [0, 0.05) is 19.4 Å². The van der Waals surface area contributed by atoms with Gasteiger partial charge in [0.15, 0.2) is 0 Å². The standard InChI is InChI=1S/C6H10O2.C2H6O/c1-5(7)3-4-6(2)8;1-2-3/h3-4H2,1-2H3;3H,2H2,1H3. The van der Waals surface area contributed by atoms with Crippen LogP contribution in [0, 0.1) is 0 Å². The van der Waals surface area contributed by atoms with Gasteiger partial charge in [-0.3, -0.25) is 0 Å². The van der Waals surface area contributed by atoms with Crippen molar-refractivity contribution in [1.82, 2.24) is 0 Å². The fraction of sp³-hybridized carbons (Fsp3) is 0.750. The number of aliphatic hydroxyl groups is 1. The lowest BCUT2D eigenvalue weighted by molar-refractivity contribution is -0.122. The summed E-state index contributed by atoms with van der Waals surface area (Å²) in [5, 5.41) is 7.57. The second-order valence-electron chi connectivity index (χ2n) is 2.22. The van der Waals surface area contributed by atoms with Crippen molar-refractivity contribution in [3.05, 3.63) is 0 Å². The Bertz CT molecular complexity index is 105. The second-order valence-corrected chi connectivity index (χ2v) is 2.22. The van der Waals surface area contributed by atoms with E-state index in [9.17, 15) is 9.59 Å². The van der Waals surface area contributed by atoms with Gasteiger partial charge in [-0.25, -0.2) is 0 Å². The minimum Gasteiger partial charge on any atom is -0.397 e. The van der Waals surface area contributed by atoms with Gasteiger partial charge in [0.05, 0.1) is 0 Å². The molecule has 11 heavy (non-hydrogen) atoms. The molecule has 0 radical (unpaired) electrons. The van der Waals surface area contributed by atoms with Crippen molar-refractivity contribution in [3.8, 4) is 0 Å². The van der Waals surface area contributed by atoms with Gasteiger partial charge in [-0.1, -0.05) is 0 Å². The van der Waals surface area contributed by atoms with E-state index in [0.29, 0.717) is 12.8 Å². The fourth-order valence-electron chi connectivity index (χ4n) is 0.352. The molecule has 0 amide bonds. The molecule has 0 saturated heterocycles. The highest BCUT2D eigenvalue weighted by atomic mass is 16.2. The van der Waals surface area contributed by atoms with Crippen LogP contribution in [0.2, 0.25) is 0 Å². The molecular weight excluding hydrogens is 144 g/mol. The summed E-state index contributed by atoms with van der Waals surface area (Å²) in [6.45, 7) is 4.91. The summed E-state index contributed by atoms with van der Waals surface area (Å²) < 4.78 is 0. The lowest BCUT2D eigenvalue weighted by Crippen LogP contribution is -1.95. The Morgan fingerprint density at radius 1 is 1.09 bits per heavy atom. The van der Waals surface area contributed by atoms with E-state index in [0.717, 1.165) is 0 Å². The highest BCUT2D eigenvalue weighted by Gasteiger charge is 1.95. The highest BCUT2D eigenvalue weighted by Crippen LogP contribution is 1.89. The van der Waals surface area contributed by atoms with Crippen LogP contribution in [-0.2, 0) is 9.59 Å². The zero-order valence-corrected chi connectivity index (χ0v) is 7.39. The van der Waals surface area contributed by atoms with E-state index in [2.05, 4.69) is 0 Å². The summed E-state index contributed by atoms with van der Waals surface area (Å²) >= 11 is 0. The largest absolute Gasteiger partial charge is 0.397 e. The Morgan fingerprint density at radius 3 is 1.36 bits per heavy atom. The average Bonchev–Trinajstić information content (AvgIpc) is 1.85. The smallest absolute Gasteiger partial charge is 0.130 e. The van der Waals surface area contributed by atoms with Crippen molar-refractivity contribution in [2.24, 2.45) is 0 Å². The molecule has 0 aliphatic rings. The van der Waals surface area contributed by atoms with Crippen LogP contribution in [0.3, 0.4) is 0 Å². The quantitative estimate of drug-likeness (QED) is 0.668. The number of ketones is 2. The van der Waals surface area contributed by atoms with Gasteiger partial charge in [-0.15, -0.1) is 0 Å². The molecule has 0 saturated carbocycles. The molecule has 0 fully saturated rings. The van der Waals surface area contributed by atoms with Crippen molar-refractivity contribution in [2.45, 2.75) is 33.6 Å². The molecule has 1 N–H and O–H groups in total. The number of carbonyl (C=O) groups excluding carboxylic acids is 2. The van der Waals surface area contributed by atoms with Gasteiger partial charge >= 0.3 is 0 Å². The van der Waals surface area contributed by atoms with E-state index in [1.165, 1.54) is 13.8 Å². The molecule has 0 atom stereocenters. The summed E-state index contributed by atoms with van der Waals surface area (Å²) in [5.74, 6) is 0.167. The molecule has 3 heteroatoms. The van der Waals surface area contributed by atoms with Crippen LogP contribution >= 0.6 is 0 Å². The summed E-state index contributed by atoms with van der Waals surface area (Å²) in [6, 6.07) is 0. The van der Waals surface area contributed by atoms with Crippen LogP contribution in [0.5, 0.6) is 0 Å². The zero-order chi connectivity index (χ0) is 9.28. The maximum absolute atomic E-state index is 10.2. The summed E-state index contributed by atoms with van der Waals surface area (Å²) in [7, 11) is 0. The Kier molecular flexibility index (Phi) is 10.9. The predicted octanol–water partition coefficient (Wildman–Crippen LogP) is 0.943. The van der Waals surface area contributed by atoms with Gasteiger partial charge in [0.25, 0.3) is 0 Å². The summed E-state index contributed by atoms with van der Waals surface area (Å²) in [5.41, 5.74) is 0. The molecule has 0 spiro atoms. The van der Waals surface area contributed by atoms with Crippen LogP contribution < -0.4 is 0 Å². The third-order valence-electron chi connectivity index (χ3n) is 0.829. The number of Topliss-reactive ketones (excluding diaryl/α,β-unsaturated/α-hetero) is 2. The molecule has 0 heterocycles. The van der Waals surface area contributed by atoms with E-state index in [4.69, 9.17) is 5.11 Å². The zero-order valence-electron chi connectivity index (χ0n) is 7.39. The first-order chi connectivity index (χ1) is 5.04. The Hall–Kier alpha value is -0.700. The predicted molar refractivity (Wildman–Crippen MR) is 43.4 cm³/mol. The Balaban J connectivity index is 0. The SMILES string of the molecule is CC(=O)CCC(C)=O.CCO. The average molecular weight is 160 g/mol. The van der Waals surface area contributed by atoms with E-state index >= 15 is 0 Å². The molecule has 0 aromatic rings. The van der Waals surface area contributed by atoms with Crippen LogP contribution in [0.25, 0.3) is 0 Å². The van der Waals surface area contributed by atoms with Crippen molar-refractivity contribution < 1.29 is 14.7 Å². The molecule has 66 valence electrons. The molecule has 0 unspecified atom stereocenters. The Labute approximate surface area is 67.4 Å². The van der Waals surface area contributed by atoms with Crippen molar-refractivity contribution in [1.29, 1.82) is 0 Å². The van der Waals surface area contributed by atoms with Crippen LogP contribution in [0.4, 0.5) is 0 Å². The molecule has 0 bridgehead atoms. The molecule has 0 aliphatic carbocycles. The molecule has 3 nitrogen and oxygen atoms in total. The molecule has 0 rings (SSSR count). The van der Waals surface area contributed by atoms with Gasteiger partial charge in [-0.2, -0.15) is 0 Å². The van der Waals surface area contributed by atoms with Crippen LogP contribution in [0.1, 0.15) is 33.6 Å². The normalized spacial score (nSPS) is 8.00. The van der Waals surface area contributed by atoms with Gasteiger partial charge < -0.3 is 14.7 Å². The van der Waals surface area contributed by atoms with Crippen LogP contribution in [-0.4, -0.2) is 23.3 Å². The number of carbonyl (C=O) groups is 2. The third-order valence-corrected chi connectivity index (χ3v) is 0.829. The maximum Gasteiger partial charge on any atom is 0.130 e. The minimum absolute atomic E-state index is 0.0835. The Morgan fingerprint density at radius 2 is 1.27 bits per heavy atom. The maximum atomic E-state index is 10.2. The van der Waals surface area contributed by atoms with Crippen molar-refractivity contribution in [2.75, 3.05) is 6.61 Å². The van der Waals surface area contributed by atoms with Gasteiger partial charge in [0.2, 0.25) is 0 Å². The minimum atomic E-state index is 0.0835. The first-order valence-electron chi connectivity index (χ1n) is 3.64. The van der Waals surface area contributed by atoms with Gasteiger partial charge in [-0.05, 0) is 20.8 Å². The van der Waals surface area contributed by atoms with E-state index in [1.54, 1.807) is 6.92 Å².